The van der Waals surface area contributed by atoms with Crippen LogP contribution in [0.5, 0.6) is 11.5 Å². The van der Waals surface area contributed by atoms with Gasteiger partial charge in [-0.2, -0.15) is 5.10 Å². The molecule has 2 rings (SSSR count). The molecule has 2 N–H and O–H groups in total. The van der Waals surface area contributed by atoms with Crippen molar-refractivity contribution in [3.05, 3.63) is 30.0 Å². The molecule has 2 amide bonds. The van der Waals surface area contributed by atoms with E-state index < -0.39 is 23.8 Å². The largest absolute Gasteiger partial charge is 0.496 e. The summed E-state index contributed by atoms with van der Waals surface area (Å²) in [5.74, 6) is -0.0794. The fraction of sp³-hybridized carbons (Fsp3) is 0.520. The normalized spacial score (nSPS) is 11.6. The van der Waals surface area contributed by atoms with E-state index in [4.69, 9.17) is 9.47 Å². The molecular formula is C25H36N4O6. The third-order valence-electron chi connectivity index (χ3n) is 5.34. The molecule has 2 aromatic rings. The lowest BCUT2D eigenvalue weighted by atomic mass is 10.1. The summed E-state index contributed by atoms with van der Waals surface area (Å²) in [4.78, 5) is 37.2. The van der Waals surface area contributed by atoms with Crippen LogP contribution < -0.4 is 20.1 Å². The molecule has 0 aliphatic rings. The fourth-order valence-electron chi connectivity index (χ4n) is 3.58. The molecule has 0 radical (unpaired) electrons. The van der Waals surface area contributed by atoms with Crippen molar-refractivity contribution >= 4 is 17.8 Å². The number of nitrogens with one attached hydrogen (secondary N) is 2. The maximum atomic E-state index is 13.2. The number of aromatic nitrogens is 2. The van der Waals surface area contributed by atoms with Crippen LogP contribution in [0.25, 0.3) is 11.3 Å². The van der Waals surface area contributed by atoms with Gasteiger partial charge in [-0.05, 0) is 30.5 Å². The summed E-state index contributed by atoms with van der Waals surface area (Å²) in [5, 5.41) is 9.83. The molecule has 0 aliphatic heterocycles. The highest BCUT2D eigenvalue weighted by molar-refractivity contribution is 5.97. The maximum Gasteiger partial charge on any atom is 0.325 e. The van der Waals surface area contributed by atoms with Gasteiger partial charge in [-0.25, -0.2) is 0 Å². The number of rotatable bonds is 13. The third kappa shape index (κ3) is 7.46. The quantitative estimate of drug-likeness (QED) is 0.416. The highest BCUT2D eigenvalue weighted by Gasteiger charge is 2.25. The molecule has 10 nitrogen and oxygen atoms in total. The van der Waals surface area contributed by atoms with Gasteiger partial charge in [0.05, 0.1) is 32.6 Å². The van der Waals surface area contributed by atoms with E-state index in [0.717, 1.165) is 12.8 Å². The Hall–Kier alpha value is -3.56. The molecule has 1 aromatic heterocycles. The predicted molar refractivity (Wildman–Crippen MR) is 131 cm³/mol. The molecule has 1 aromatic carbocycles. The first-order valence-electron chi connectivity index (χ1n) is 11.7. The second kappa shape index (κ2) is 13.4. The number of methoxy groups -OCH3 is 3. The Labute approximate surface area is 206 Å². The molecule has 192 valence electrons. The number of esters is 1. The van der Waals surface area contributed by atoms with Crippen LogP contribution in [0, 0.1) is 5.92 Å². The van der Waals surface area contributed by atoms with Gasteiger partial charge in [-0.1, -0.05) is 39.7 Å². The third-order valence-corrected chi connectivity index (χ3v) is 5.34. The van der Waals surface area contributed by atoms with Crippen molar-refractivity contribution in [3.8, 4) is 22.8 Å². The van der Waals surface area contributed by atoms with E-state index in [1.165, 1.54) is 7.11 Å². The first-order valence-corrected chi connectivity index (χ1v) is 11.7. The second-order valence-corrected chi connectivity index (χ2v) is 8.49. The number of benzene rings is 1. The first-order chi connectivity index (χ1) is 16.7. The van der Waals surface area contributed by atoms with Gasteiger partial charge in [0.2, 0.25) is 5.91 Å². The van der Waals surface area contributed by atoms with Crippen molar-refractivity contribution in [2.75, 3.05) is 27.9 Å². The molecule has 1 heterocycles. The van der Waals surface area contributed by atoms with Gasteiger partial charge >= 0.3 is 5.97 Å². The standard InChI is InChI=1S/C25H36N4O6/c1-7-8-10-17(24(31)26-14-22(30)35-6)27-25(32)18-13-19(29(28-18)15-16(2)3)23-20(33-4)11-9-12-21(23)34-5/h9,11-13,16-17H,7-8,10,14-15H2,1-6H3,(H,26,31)(H,27,32). The van der Waals surface area contributed by atoms with Gasteiger partial charge in [0.25, 0.3) is 5.91 Å². The van der Waals surface area contributed by atoms with E-state index in [-0.39, 0.29) is 18.2 Å². The van der Waals surface area contributed by atoms with Crippen molar-refractivity contribution < 1.29 is 28.6 Å². The Kier molecular flexibility index (Phi) is 10.6. The van der Waals surface area contributed by atoms with E-state index in [9.17, 15) is 14.4 Å². The molecule has 0 aliphatic carbocycles. The van der Waals surface area contributed by atoms with Crippen molar-refractivity contribution in [1.29, 1.82) is 0 Å². The lowest BCUT2D eigenvalue weighted by molar-refractivity contribution is -0.141. The minimum absolute atomic E-state index is 0.163. The van der Waals surface area contributed by atoms with Crippen molar-refractivity contribution in [3.63, 3.8) is 0 Å². The van der Waals surface area contributed by atoms with Gasteiger partial charge < -0.3 is 24.8 Å². The van der Waals surface area contributed by atoms with E-state index >= 15 is 0 Å². The Morgan fingerprint density at radius 2 is 1.74 bits per heavy atom. The number of amides is 2. The molecular weight excluding hydrogens is 452 g/mol. The van der Waals surface area contributed by atoms with Crippen LogP contribution in [0.2, 0.25) is 0 Å². The molecule has 10 heteroatoms. The van der Waals surface area contributed by atoms with E-state index in [1.54, 1.807) is 25.0 Å². The van der Waals surface area contributed by atoms with Crippen molar-refractivity contribution in [1.82, 2.24) is 20.4 Å². The van der Waals surface area contributed by atoms with Crippen molar-refractivity contribution in [2.45, 2.75) is 52.6 Å². The van der Waals surface area contributed by atoms with Crippen LogP contribution in [0.4, 0.5) is 0 Å². The summed E-state index contributed by atoms with van der Waals surface area (Å²) in [6.45, 7) is 6.39. The van der Waals surface area contributed by atoms with Gasteiger partial charge in [0.1, 0.15) is 24.1 Å². The summed E-state index contributed by atoms with van der Waals surface area (Å²) in [7, 11) is 4.38. The molecule has 0 bridgehead atoms. The Balaban J connectivity index is 2.39. The summed E-state index contributed by atoms with van der Waals surface area (Å²) < 4.78 is 17.4. The average molecular weight is 489 g/mol. The SMILES string of the molecule is CCCCC(NC(=O)c1cc(-c2c(OC)cccc2OC)n(CC(C)C)n1)C(=O)NCC(=O)OC. The number of nitrogens with zero attached hydrogens (tertiary/aromatic N) is 2. The van der Waals surface area contributed by atoms with Crippen LogP contribution in [0.3, 0.4) is 0 Å². The van der Waals surface area contributed by atoms with Crippen LogP contribution >= 0.6 is 0 Å². The molecule has 0 saturated heterocycles. The minimum atomic E-state index is -0.813. The predicted octanol–water partition coefficient (Wildman–Crippen LogP) is 2.80. The van der Waals surface area contributed by atoms with Crippen molar-refractivity contribution in [2.24, 2.45) is 5.92 Å². The van der Waals surface area contributed by atoms with E-state index in [0.29, 0.717) is 35.7 Å². The molecule has 35 heavy (non-hydrogen) atoms. The lowest BCUT2D eigenvalue weighted by Crippen LogP contribution is -2.48. The van der Waals surface area contributed by atoms with E-state index in [1.807, 2.05) is 25.1 Å². The first kappa shape index (κ1) is 27.7. The van der Waals surface area contributed by atoms with E-state index in [2.05, 4.69) is 34.3 Å². The molecule has 1 atom stereocenters. The van der Waals surface area contributed by atoms with Crippen LogP contribution in [0.1, 0.15) is 50.5 Å². The molecule has 0 saturated carbocycles. The number of carbonyl (C=O) groups is 3. The number of ether oxygens (including phenoxy) is 3. The summed E-state index contributed by atoms with van der Waals surface area (Å²) in [5.41, 5.74) is 1.51. The molecule has 0 fully saturated rings. The number of hydrogen-bond acceptors (Lipinski definition) is 7. The van der Waals surface area contributed by atoms with Crippen LogP contribution in [0.15, 0.2) is 24.3 Å². The Morgan fingerprint density at radius 3 is 2.29 bits per heavy atom. The number of carbonyl (C=O) groups excluding carboxylic acids is 3. The average Bonchev–Trinajstić information content (AvgIpc) is 3.26. The summed E-state index contributed by atoms with van der Waals surface area (Å²) in [6.07, 6.45) is 1.99. The zero-order chi connectivity index (χ0) is 26.0. The van der Waals surface area contributed by atoms with Gasteiger partial charge in [0.15, 0.2) is 5.69 Å². The molecule has 0 spiro atoms. The molecule has 1 unspecified atom stereocenters. The number of hydrogen-bond donors (Lipinski definition) is 2. The van der Waals surface area contributed by atoms with Crippen LogP contribution in [-0.4, -0.2) is 61.5 Å². The summed E-state index contributed by atoms with van der Waals surface area (Å²) in [6, 6.07) is 6.31. The highest BCUT2D eigenvalue weighted by atomic mass is 16.5. The zero-order valence-corrected chi connectivity index (χ0v) is 21.3. The zero-order valence-electron chi connectivity index (χ0n) is 21.3. The minimum Gasteiger partial charge on any atom is -0.496 e. The van der Waals surface area contributed by atoms with Gasteiger partial charge in [-0.15, -0.1) is 0 Å². The summed E-state index contributed by atoms with van der Waals surface area (Å²) >= 11 is 0. The number of unbranched alkanes of at least 4 members (excludes halogenated alkanes) is 1. The fourth-order valence-corrected chi connectivity index (χ4v) is 3.58. The topological polar surface area (TPSA) is 121 Å². The maximum absolute atomic E-state index is 13.2. The van der Waals surface area contributed by atoms with Gasteiger partial charge in [0, 0.05) is 6.54 Å². The lowest BCUT2D eigenvalue weighted by Gasteiger charge is -2.17. The van der Waals surface area contributed by atoms with Crippen LogP contribution in [-0.2, 0) is 20.9 Å². The Bertz CT molecular complexity index is 995. The highest BCUT2D eigenvalue weighted by Crippen LogP contribution is 2.38. The Morgan fingerprint density at radius 1 is 1.09 bits per heavy atom. The van der Waals surface area contributed by atoms with Gasteiger partial charge in [-0.3, -0.25) is 19.1 Å². The second-order valence-electron chi connectivity index (χ2n) is 8.49. The smallest absolute Gasteiger partial charge is 0.325 e. The monoisotopic (exact) mass is 488 g/mol.